The van der Waals surface area contributed by atoms with Crippen molar-refractivity contribution in [1.82, 2.24) is 0 Å². The lowest BCUT2D eigenvalue weighted by Crippen LogP contribution is -3.00. The summed E-state index contributed by atoms with van der Waals surface area (Å²) in [5, 5.41) is 1.18. The Balaban J connectivity index is 0.00000128. The van der Waals surface area contributed by atoms with Crippen molar-refractivity contribution in [3.8, 4) is 5.75 Å². The second kappa shape index (κ2) is 5.66. The van der Waals surface area contributed by atoms with Crippen LogP contribution in [0.3, 0.4) is 0 Å². The van der Waals surface area contributed by atoms with Crippen LogP contribution in [0.4, 0.5) is 0 Å². The first-order valence-electron chi connectivity index (χ1n) is 4.96. The van der Waals surface area contributed by atoms with Crippen molar-refractivity contribution in [2.24, 2.45) is 0 Å². The molecule has 1 aromatic carbocycles. The van der Waals surface area contributed by atoms with Gasteiger partial charge < -0.3 is 21.7 Å². The van der Waals surface area contributed by atoms with Gasteiger partial charge in [0.1, 0.15) is 5.75 Å². The summed E-state index contributed by atoms with van der Waals surface area (Å²) < 4.78 is 7.29. The number of allylic oxidation sites excluding steroid dienone is 1. The molecule has 3 heteroatoms. The molecule has 2 aromatic rings. The highest BCUT2D eigenvalue weighted by Crippen LogP contribution is 2.17. The first-order chi connectivity index (χ1) is 7.35. The topological polar surface area (TPSA) is 13.1 Å². The minimum Gasteiger partial charge on any atom is -1.00 e. The standard InChI is InChI=1S/C13H14NO.BrH/c1-3-8-14-9-4-5-11-10-12(15-2)6-7-13(11)14;/h3-10H,1-2H3;1H/q+1;/p-1. The van der Waals surface area contributed by atoms with Crippen molar-refractivity contribution in [2.45, 2.75) is 6.92 Å². The molecule has 0 spiro atoms. The molecule has 0 N–H and O–H groups in total. The summed E-state index contributed by atoms with van der Waals surface area (Å²) >= 11 is 0. The number of pyridine rings is 1. The van der Waals surface area contributed by atoms with Gasteiger partial charge in [-0.15, -0.1) is 0 Å². The van der Waals surface area contributed by atoms with Gasteiger partial charge >= 0.3 is 0 Å². The zero-order valence-electron chi connectivity index (χ0n) is 9.35. The molecule has 0 aliphatic heterocycles. The zero-order chi connectivity index (χ0) is 10.7. The van der Waals surface area contributed by atoms with Gasteiger partial charge in [-0.2, -0.15) is 4.57 Å². The Morgan fingerprint density at radius 2 is 2.06 bits per heavy atom. The third-order valence-electron chi connectivity index (χ3n) is 2.34. The Labute approximate surface area is 106 Å². The Hall–Kier alpha value is -1.35. The van der Waals surface area contributed by atoms with Crippen LogP contribution in [0.1, 0.15) is 6.92 Å². The maximum absolute atomic E-state index is 5.19. The summed E-state index contributed by atoms with van der Waals surface area (Å²) in [6, 6.07) is 10.2. The van der Waals surface area contributed by atoms with Gasteiger partial charge in [0.15, 0.2) is 12.4 Å². The number of methoxy groups -OCH3 is 1. The fraction of sp³-hybridized carbons (Fsp3) is 0.154. The van der Waals surface area contributed by atoms with Crippen LogP contribution < -0.4 is 26.3 Å². The highest BCUT2D eigenvalue weighted by Gasteiger charge is 2.05. The average molecular weight is 280 g/mol. The molecule has 0 unspecified atom stereocenters. The van der Waals surface area contributed by atoms with E-state index >= 15 is 0 Å². The lowest BCUT2D eigenvalue weighted by Gasteiger charge is -2.00. The second-order valence-electron chi connectivity index (χ2n) is 3.32. The Bertz CT molecular complexity index is 508. The minimum absolute atomic E-state index is 0. The smallest absolute Gasteiger partial charge is 0.218 e. The van der Waals surface area contributed by atoms with Crippen LogP contribution in [0.2, 0.25) is 0 Å². The Morgan fingerprint density at radius 1 is 1.25 bits per heavy atom. The molecule has 0 saturated heterocycles. The number of halogens is 1. The molecule has 1 heterocycles. The maximum Gasteiger partial charge on any atom is 0.218 e. The third kappa shape index (κ3) is 2.42. The number of benzene rings is 1. The molecule has 0 fully saturated rings. The van der Waals surface area contributed by atoms with Crippen LogP contribution in [0, 0.1) is 0 Å². The van der Waals surface area contributed by atoms with Crippen LogP contribution in [0.15, 0.2) is 42.6 Å². The molecule has 0 amide bonds. The van der Waals surface area contributed by atoms with Gasteiger partial charge in [-0.25, -0.2) is 0 Å². The van der Waals surface area contributed by atoms with Crippen molar-refractivity contribution < 1.29 is 26.3 Å². The van der Waals surface area contributed by atoms with Gasteiger partial charge in [0.05, 0.1) is 12.5 Å². The normalized spacial score (nSPS) is 10.4. The summed E-state index contributed by atoms with van der Waals surface area (Å²) in [5.74, 6) is 0.890. The number of hydrogen-bond donors (Lipinski definition) is 0. The third-order valence-corrected chi connectivity index (χ3v) is 2.34. The van der Waals surface area contributed by atoms with Gasteiger partial charge in [-0.05, 0) is 31.2 Å². The molecule has 0 saturated carbocycles. The van der Waals surface area contributed by atoms with Crippen molar-refractivity contribution in [3.63, 3.8) is 0 Å². The van der Waals surface area contributed by atoms with Gasteiger partial charge in [0, 0.05) is 12.1 Å². The van der Waals surface area contributed by atoms with E-state index in [1.807, 2.05) is 43.6 Å². The number of nitrogens with zero attached hydrogens (tertiary/aromatic N) is 1. The lowest BCUT2D eigenvalue weighted by atomic mass is 10.2. The SMILES string of the molecule is CC=C[n+]1cccc2cc(OC)ccc21.[Br-]. The molecular formula is C13H14BrNO. The van der Waals surface area contributed by atoms with Crippen molar-refractivity contribution in [3.05, 3.63) is 42.6 Å². The highest BCUT2D eigenvalue weighted by molar-refractivity contribution is 5.77. The summed E-state index contributed by atoms with van der Waals surface area (Å²) in [4.78, 5) is 0. The quantitative estimate of drug-likeness (QED) is 0.684. The molecule has 0 radical (unpaired) electrons. The van der Waals surface area contributed by atoms with E-state index in [9.17, 15) is 0 Å². The molecule has 1 aromatic heterocycles. The van der Waals surface area contributed by atoms with E-state index in [-0.39, 0.29) is 17.0 Å². The number of aromatic nitrogens is 1. The Kier molecular flexibility index (Phi) is 4.50. The van der Waals surface area contributed by atoms with Crippen LogP contribution in [-0.2, 0) is 0 Å². The molecule has 0 aliphatic rings. The molecule has 2 nitrogen and oxygen atoms in total. The van der Waals surface area contributed by atoms with Crippen molar-refractivity contribution in [1.29, 1.82) is 0 Å². The molecule has 2 rings (SSSR count). The van der Waals surface area contributed by atoms with E-state index in [1.54, 1.807) is 7.11 Å². The number of fused-ring (bicyclic) bond motifs is 1. The fourth-order valence-electron chi connectivity index (χ4n) is 1.64. The van der Waals surface area contributed by atoms with E-state index < -0.39 is 0 Å². The van der Waals surface area contributed by atoms with Crippen LogP contribution in [0.5, 0.6) is 5.75 Å². The zero-order valence-corrected chi connectivity index (χ0v) is 10.9. The summed E-state index contributed by atoms with van der Waals surface area (Å²) in [5.41, 5.74) is 1.18. The first-order valence-corrected chi connectivity index (χ1v) is 4.96. The molecule has 16 heavy (non-hydrogen) atoms. The number of ether oxygens (including phenoxy) is 1. The monoisotopic (exact) mass is 279 g/mol. The van der Waals surface area contributed by atoms with Crippen LogP contribution in [0.25, 0.3) is 17.1 Å². The highest BCUT2D eigenvalue weighted by atomic mass is 79.9. The molecule has 84 valence electrons. The largest absolute Gasteiger partial charge is 1.00 e. The van der Waals surface area contributed by atoms with Crippen molar-refractivity contribution in [2.75, 3.05) is 7.11 Å². The molecular weight excluding hydrogens is 266 g/mol. The second-order valence-corrected chi connectivity index (χ2v) is 3.32. The maximum atomic E-state index is 5.19. The summed E-state index contributed by atoms with van der Waals surface area (Å²) in [6.07, 6.45) is 6.09. The van der Waals surface area contributed by atoms with E-state index in [0.29, 0.717) is 0 Å². The fourth-order valence-corrected chi connectivity index (χ4v) is 1.64. The van der Waals surface area contributed by atoms with E-state index in [4.69, 9.17) is 4.74 Å². The number of hydrogen-bond acceptors (Lipinski definition) is 1. The van der Waals surface area contributed by atoms with Crippen LogP contribution >= 0.6 is 0 Å². The van der Waals surface area contributed by atoms with Gasteiger partial charge in [-0.1, -0.05) is 0 Å². The van der Waals surface area contributed by atoms with E-state index in [1.165, 1.54) is 10.9 Å². The van der Waals surface area contributed by atoms with Gasteiger partial charge in [0.2, 0.25) is 5.52 Å². The minimum atomic E-state index is 0. The lowest BCUT2D eigenvalue weighted by molar-refractivity contribution is -0.539. The molecule has 0 bridgehead atoms. The van der Waals surface area contributed by atoms with E-state index in [2.05, 4.69) is 16.7 Å². The Morgan fingerprint density at radius 3 is 2.75 bits per heavy atom. The van der Waals surface area contributed by atoms with Gasteiger partial charge in [-0.3, -0.25) is 0 Å². The summed E-state index contributed by atoms with van der Waals surface area (Å²) in [6.45, 7) is 2.01. The van der Waals surface area contributed by atoms with E-state index in [0.717, 1.165) is 5.75 Å². The molecule has 0 aliphatic carbocycles. The number of rotatable bonds is 2. The first kappa shape index (κ1) is 12.7. The molecule has 0 atom stereocenters. The predicted molar refractivity (Wildman–Crippen MR) is 61.7 cm³/mol. The van der Waals surface area contributed by atoms with Crippen LogP contribution in [-0.4, -0.2) is 7.11 Å². The average Bonchev–Trinajstić information content (AvgIpc) is 2.29. The van der Waals surface area contributed by atoms with Gasteiger partial charge in [0.25, 0.3) is 0 Å². The predicted octanol–water partition coefficient (Wildman–Crippen LogP) is -0.369. The van der Waals surface area contributed by atoms with Crippen molar-refractivity contribution >= 4 is 17.1 Å². The summed E-state index contributed by atoms with van der Waals surface area (Å²) in [7, 11) is 1.68.